The van der Waals surface area contributed by atoms with Gasteiger partial charge in [0.05, 0.1) is 25.4 Å². The van der Waals surface area contributed by atoms with Crippen molar-refractivity contribution in [2.45, 2.75) is 50.8 Å². The van der Waals surface area contributed by atoms with E-state index < -0.39 is 17.9 Å². The molecule has 2 fully saturated rings. The standard InChI is InChI=1S/C14H24N2O5/c1-2-16(12-8-21-7-11(12)13(18)19)14(20)15-9-3-5-10(17)6-4-9/h9-12,17H,2-8H2,1H3,(H,15,20)(H,18,19). The molecule has 2 amide bonds. The summed E-state index contributed by atoms with van der Waals surface area (Å²) in [6.07, 6.45) is 2.64. The molecule has 3 N–H and O–H groups in total. The fraction of sp³-hybridized carbons (Fsp3) is 0.857. The van der Waals surface area contributed by atoms with Gasteiger partial charge in [-0.1, -0.05) is 0 Å². The van der Waals surface area contributed by atoms with E-state index in [1.54, 1.807) is 4.90 Å². The molecule has 7 nitrogen and oxygen atoms in total. The quantitative estimate of drug-likeness (QED) is 0.699. The molecule has 0 aromatic heterocycles. The Labute approximate surface area is 124 Å². The molecule has 7 heteroatoms. The van der Waals surface area contributed by atoms with E-state index >= 15 is 0 Å². The van der Waals surface area contributed by atoms with Gasteiger partial charge in [-0.3, -0.25) is 4.79 Å². The van der Waals surface area contributed by atoms with E-state index in [2.05, 4.69) is 5.32 Å². The van der Waals surface area contributed by atoms with Crippen molar-refractivity contribution in [3.8, 4) is 0 Å². The van der Waals surface area contributed by atoms with E-state index in [0.29, 0.717) is 19.4 Å². The van der Waals surface area contributed by atoms with Crippen molar-refractivity contribution in [2.24, 2.45) is 5.92 Å². The lowest BCUT2D eigenvalue weighted by molar-refractivity contribution is -0.142. The second kappa shape index (κ2) is 7.09. The molecule has 2 aliphatic rings. The number of nitrogens with one attached hydrogen (secondary N) is 1. The number of carbonyl (C=O) groups excluding carboxylic acids is 1. The normalized spacial score (nSPS) is 32.7. The number of carbonyl (C=O) groups is 2. The van der Waals surface area contributed by atoms with Crippen molar-refractivity contribution in [3.05, 3.63) is 0 Å². The summed E-state index contributed by atoms with van der Waals surface area (Å²) in [4.78, 5) is 25.2. The summed E-state index contributed by atoms with van der Waals surface area (Å²) in [5.74, 6) is -1.59. The first-order valence-corrected chi connectivity index (χ1v) is 7.58. The molecule has 0 bridgehead atoms. The lowest BCUT2D eigenvalue weighted by atomic mass is 9.93. The molecule has 0 aromatic rings. The fourth-order valence-electron chi connectivity index (χ4n) is 3.09. The second-order valence-electron chi connectivity index (χ2n) is 5.79. The maximum Gasteiger partial charge on any atom is 0.317 e. The molecule has 1 heterocycles. The summed E-state index contributed by atoms with van der Waals surface area (Å²) in [5, 5.41) is 21.6. The van der Waals surface area contributed by atoms with Crippen LogP contribution in [-0.2, 0) is 9.53 Å². The number of carboxylic acid groups (broad SMARTS) is 1. The number of likely N-dealkylation sites (N-methyl/N-ethyl adjacent to an activating group) is 1. The Hall–Kier alpha value is -1.34. The van der Waals surface area contributed by atoms with E-state index in [0.717, 1.165) is 12.8 Å². The number of ether oxygens (including phenoxy) is 1. The third kappa shape index (κ3) is 3.85. The molecule has 0 aromatic carbocycles. The highest BCUT2D eigenvalue weighted by Crippen LogP contribution is 2.22. The van der Waals surface area contributed by atoms with Gasteiger partial charge in [0.2, 0.25) is 0 Å². The summed E-state index contributed by atoms with van der Waals surface area (Å²) < 4.78 is 5.23. The number of rotatable bonds is 4. The van der Waals surface area contributed by atoms with Crippen molar-refractivity contribution in [2.75, 3.05) is 19.8 Å². The van der Waals surface area contributed by atoms with Crippen LogP contribution in [0.5, 0.6) is 0 Å². The third-order valence-corrected chi connectivity index (χ3v) is 4.39. The minimum atomic E-state index is -0.926. The number of amides is 2. The van der Waals surface area contributed by atoms with Gasteiger partial charge in [0, 0.05) is 12.6 Å². The molecule has 0 radical (unpaired) electrons. The number of hydrogen-bond acceptors (Lipinski definition) is 4. The first kappa shape index (κ1) is 16.0. The van der Waals surface area contributed by atoms with Gasteiger partial charge in [-0.25, -0.2) is 4.79 Å². The summed E-state index contributed by atoms with van der Waals surface area (Å²) in [6, 6.07) is -0.595. The predicted octanol–water partition coefficient (Wildman–Crippen LogP) is 0.421. The molecule has 21 heavy (non-hydrogen) atoms. The predicted molar refractivity (Wildman–Crippen MR) is 74.9 cm³/mol. The van der Waals surface area contributed by atoms with Crippen LogP contribution in [0.25, 0.3) is 0 Å². The number of aliphatic hydroxyl groups is 1. The lowest BCUT2D eigenvalue weighted by Gasteiger charge is -2.33. The maximum absolute atomic E-state index is 12.4. The van der Waals surface area contributed by atoms with Crippen molar-refractivity contribution in [1.82, 2.24) is 10.2 Å². The first-order chi connectivity index (χ1) is 10.0. The van der Waals surface area contributed by atoms with Crippen LogP contribution in [0.2, 0.25) is 0 Å². The first-order valence-electron chi connectivity index (χ1n) is 7.58. The van der Waals surface area contributed by atoms with Gasteiger partial charge in [0.15, 0.2) is 0 Å². The molecule has 1 aliphatic heterocycles. The monoisotopic (exact) mass is 300 g/mol. The minimum absolute atomic E-state index is 0.0561. The zero-order valence-corrected chi connectivity index (χ0v) is 12.3. The number of aliphatic carboxylic acids is 1. The molecule has 120 valence electrons. The van der Waals surface area contributed by atoms with Crippen LogP contribution in [0, 0.1) is 5.92 Å². The van der Waals surface area contributed by atoms with Gasteiger partial charge in [-0.2, -0.15) is 0 Å². The smallest absolute Gasteiger partial charge is 0.317 e. The summed E-state index contributed by atoms with van der Waals surface area (Å²) in [5.41, 5.74) is 0. The molecule has 1 saturated heterocycles. The summed E-state index contributed by atoms with van der Waals surface area (Å²) in [6.45, 7) is 2.70. The Kier molecular flexibility index (Phi) is 5.41. The van der Waals surface area contributed by atoms with Crippen LogP contribution in [0.3, 0.4) is 0 Å². The van der Waals surface area contributed by atoms with E-state index in [-0.39, 0.29) is 31.4 Å². The average Bonchev–Trinajstić information content (AvgIpc) is 2.91. The van der Waals surface area contributed by atoms with Crippen LogP contribution >= 0.6 is 0 Å². The van der Waals surface area contributed by atoms with Crippen molar-refractivity contribution in [3.63, 3.8) is 0 Å². The highest BCUT2D eigenvalue weighted by atomic mass is 16.5. The summed E-state index contributed by atoms with van der Waals surface area (Å²) >= 11 is 0. The van der Waals surface area contributed by atoms with Crippen LogP contribution in [0.1, 0.15) is 32.6 Å². The average molecular weight is 300 g/mol. The van der Waals surface area contributed by atoms with Crippen molar-refractivity contribution in [1.29, 1.82) is 0 Å². The molecule has 0 spiro atoms. The minimum Gasteiger partial charge on any atom is -0.481 e. The molecule has 2 atom stereocenters. The molecule has 2 unspecified atom stereocenters. The highest BCUT2D eigenvalue weighted by molar-refractivity contribution is 5.77. The van der Waals surface area contributed by atoms with Crippen LogP contribution in [-0.4, -0.2) is 65.1 Å². The number of aliphatic hydroxyl groups excluding tert-OH is 1. The third-order valence-electron chi connectivity index (χ3n) is 4.39. The zero-order valence-electron chi connectivity index (χ0n) is 12.3. The summed E-state index contributed by atoms with van der Waals surface area (Å²) in [7, 11) is 0. The molecular formula is C14H24N2O5. The van der Waals surface area contributed by atoms with Crippen molar-refractivity contribution < 1.29 is 24.5 Å². The number of carboxylic acids is 1. The Balaban J connectivity index is 1.93. The van der Waals surface area contributed by atoms with Gasteiger partial charge >= 0.3 is 12.0 Å². The van der Waals surface area contributed by atoms with E-state index in [1.165, 1.54) is 0 Å². The Bertz CT molecular complexity index is 382. The number of urea groups is 1. The highest BCUT2D eigenvalue weighted by Gasteiger charge is 2.39. The van der Waals surface area contributed by atoms with E-state index in [4.69, 9.17) is 4.74 Å². The molecule has 1 aliphatic carbocycles. The fourth-order valence-corrected chi connectivity index (χ4v) is 3.09. The SMILES string of the molecule is CCN(C(=O)NC1CCC(O)CC1)C1COCC1C(=O)O. The van der Waals surface area contributed by atoms with Gasteiger partial charge in [0.1, 0.15) is 5.92 Å². The lowest BCUT2D eigenvalue weighted by Crippen LogP contribution is -2.53. The molecular weight excluding hydrogens is 276 g/mol. The van der Waals surface area contributed by atoms with E-state index in [1.807, 2.05) is 6.92 Å². The van der Waals surface area contributed by atoms with Gasteiger partial charge in [0.25, 0.3) is 0 Å². The second-order valence-corrected chi connectivity index (χ2v) is 5.79. The van der Waals surface area contributed by atoms with E-state index in [9.17, 15) is 19.8 Å². The largest absolute Gasteiger partial charge is 0.481 e. The number of hydrogen-bond donors (Lipinski definition) is 3. The molecule has 2 rings (SSSR count). The number of nitrogens with zero attached hydrogens (tertiary/aromatic N) is 1. The Morgan fingerprint density at radius 2 is 1.90 bits per heavy atom. The van der Waals surface area contributed by atoms with Crippen LogP contribution in [0.4, 0.5) is 4.79 Å². The van der Waals surface area contributed by atoms with Gasteiger partial charge in [-0.05, 0) is 32.6 Å². The van der Waals surface area contributed by atoms with Gasteiger partial charge in [-0.15, -0.1) is 0 Å². The molecule has 1 saturated carbocycles. The van der Waals surface area contributed by atoms with Gasteiger partial charge < -0.3 is 25.2 Å². The van der Waals surface area contributed by atoms with Crippen molar-refractivity contribution >= 4 is 12.0 Å². The maximum atomic E-state index is 12.4. The van der Waals surface area contributed by atoms with Crippen LogP contribution < -0.4 is 5.32 Å². The van der Waals surface area contributed by atoms with Crippen LogP contribution in [0.15, 0.2) is 0 Å². The topological polar surface area (TPSA) is 99.1 Å². The Morgan fingerprint density at radius 3 is 2.48 bits per heavy atom. The zero-order chi connectivity index (χ0) is 15.4. The Morgan fingerprint density at radius 1 is 1.24 bits per heavy atom.